The van der Waals surface area contributed by atoms with Crippen LogP contribution in [0.3, 0.4) is 0 Å². The Morgan fingerprint density at radius 3 is 2.32 bits per heavy atom. The predicted octanol–water partition coefficient (Wildman–Crippen LogP) is 1.58. The number of carbonyl (C=O) groups excluding carboxylic acids is 1. The number of hydrogen-bond donors (Lipinski definition) is 1. The average Bonchev–Trinajstić information content (AvgIpc) is 2.95. The van der Waals surface area contributed by atoms with Crippen LogP contribution >= 0.6 is 27.3 Å². The van der Waals surface area contributed by atoms with Crippen molar-refractivity contribution in [1.82, 2.24) is 4.83 Å². The molecule has 0 aliphatic heterocycles. The molecule has 0 unspecified atom stereocenters. The summed E-state index contributed by atoms with van der Waals surface area (Å²) in [6, 6.07) is 9.03. The Morgan fingerprint density at radius 1 is 1.18 bits per heavy atom. The first kappa shape index (κ1) is 16.7. The zero-order chi connectivity index (χ0) is 16.3. The molecule has 0 aliphatic rings. The van der Waals surface area contributed by atoms with E-state index in [1.807, 2.05) is 0 Å². The second-order valence-electron chi connectivity index (χ2n) is 4.20. The first-order chi connectivity index (χ1) is 10.3. The molecule has 22 heavy (non-hydrogen) atoms. The number of carboxylic acids is 1. The summed E-state index contributed by atoms with van der Waals surface area (Å²) >= 11 is 4.19. The lowest BCUT2D eigenvalue weighted by molar-refractivity contribution is -0.254. The van der Waals surface area contributed by atoms with Gasteiger partial charge in [-0.05, 0) is 43.3 Å². The summed E-state index contributed by atoms with van der Waals surface area (Å²) in [4.78, 5) is 13.5. The van der Waals surface area contributed by atoms with Gasteiger partial charge in [-0.3, -0.25) is 0 Å². The van der Waals surface area contributed by atoms with Gasteiger partial charge in [0.05, 0.1) is 26.3 Å². The first-order valence-corrected chi connectivity index (χ1v) is 9.02. The molecule has 0 fully saturated rings. The number of thiophene rings is 1. The molecule has 0 saturated heterocycles. The van der Waals surface area contributed by atoms with E-state index in [-0.39, 0.29) is 9.77 Å². The summed E-state index contributed by atoms with van der Waals surface area (Å²) in [5.41, 5.74) is 0.359. The molecular formula is C13H10BrN2O4S2-. The van der Waals surface area contributed by atoms with Gasteiger partial charge in [-0.2, -0.15) is 18.4 Å². The van der Waals surface area contributed by atoms with Gasteiger partial charge >= 0.3 is 0 Å². The van der Waals surface area contributed by atoms with Crippen molar-refractivity contribution >= 4 is 49.0 Å². The predicted molar refractivity (Wildman–Crippen MR) is 85.3 cm³/mol. The Labute approximate surface area is 139 Å². The molecule has 0 spiro atoms. The molecule has 1 heterocycles. The standard InChI is InChI=1S/C13H11BrN2O4S2/c1-8(11-6-7-12(21-11)13(17)18)15-16-22(19,20)10-4-2-9(14)3-5-10/h2-7,16H,1H3,(H,17,18)/p-1/b15-8-. The SMILES string of the molecule is C/C(=N/NS(=O)(=O)c1ccc(Br)cc1)c1ccc(C(=O)[O-])s1. The molecule has 9 heteroatoms. The molecule has 6 nitrogen and oxygen atoms in total. The Morgan fingerprint density at radius 2 is 1.77 bits per heavy atom. The number of aromatic carboxylic acids is 1. The van der Waals surface area contributed by atoms with Crippen molar-refractivity contribution < 1.29 is 18.3 Å². The average molecular weight is 402 g/mol. The molecule has 0 atom stereocenters. The molecule has 116 valence electrons. The van der Waals surface area contributed by atoms with Gasteiger partial charge in [0.2, 0.25) is 0 Å². The lowest BCUT2D eigenvalue weighted by atomic mass is 10.3. The maximum absolute atomic E-state index is 12.1. The van der Waals surface area contributed by atoms with E-state index >= 15 is 0 Å². The van der Waals surface area contributed by atoms with E-state index in [9.17, 15) is 18.3 Å². The highest BCUT2D eigenvalue weighted by Gasteiger charge is 2.13. The van der Waals surface area contributed by atoms with Crippen LogP contribution in [0.1, 0.15) is 21.5 Å². The van der Waals surface area contributed by atoms with Crippen LogP contribution in [-0.2, 0) is 10.0 Å². The fourth-order valence-corrected chi connectivity index (χ4v) is 3.40. The summed E-state index contributed by atoms with van der Waals surface area (Å²) in [7, 11) is -3.77. The minimum absolute atomic E-state index is 0.0558. The largest absolute Gasteiger partial charge is 0.544 e. The lowest BCUT2D eigenvalue weighted by Gasteiger charge is -2.04. The number of carbonyl (C=O) groups is 1. The van der Waals surface area contributed by atoms with Crippen molar-refractivity contribution in [2.45, 2.75) is 11.8 Å². The Kier molecular flexibility index (Phi) is 4.99. The summed E-state index contributed by atoms with van der Waals surface area (Å²) < 4.78 is 24.9. The van der Waals surface area contributed by atoms with E-state index in [1.54, 1.807) is 25.1 Å². The molecule has 0 amide bonds. The quantitative estimate of drug-likeness (QED) is 0.606. The number of benzene rings is 1. The van der Waals surface area contributed by atoms with E-state index in [0.717, 1.165) is 15.8 Å². The van der Waals surface area contributed by atoms with Gasteiger partial charge in [-0.15, -0.1) is 11.3 Å². The van der Waals surface area contributed by atoms with Gasteiger partial charge in [0.1, 0.15) is 0 Å². The van der Waals surface area contributed by atoms with E-state index in [1.165, 1.54) is 18.2 Å². The minimum atomic E-state index is -3.77. The van der Waals surface area contributed by atoms with Crippen LogP contribution in [-0.4, -0.2) is 20.1 Å². The Hall–Kier alpha value is -1.71. The van der Waals surface area contributed by atoms with Crippen LogP contribution in [0.4, 0.5) is 0 Å². The number of carboxylic acid groups (broad SMARTS) is 1. The van der Waals surface area contributed by atoms with Gasteiger partial charge in [-0.1, -0.05) is 15.9 Å². The van der Waals surface area contributed by atoms with Crippen molar-refractivity contribution in [2.75, 3.05) is 0 Å². The summed E-state index contributed by atoms with van der Waals surface area (Å²) in [6.07, 6.45) is 0. The Balaban J connectivity index is 2.18. The number of halogens is 1. The maximum atomic E-state index is 12.1. The third-order valence-corrected chi connectivity index (χ3v) is 5.55. The van der Waals surface area contributed by atoms with Gasteiger partial charge < -0.3 is 9.90 Å². The van der Waals surface area contributed by atoms with Crippen LogP contribution in [0.5, 0.6) is 0 Å². The highest BCUT2D eigenvalue weighted by atomic mass is 79.9. The molecule has 0 radical (unpaired) electrons. The highest BCUT2D eigenvalue weighted by molar-refractivity contribution is 9.10. The normalized spacial score (nSPS) is 12.2. The molecule has 1 aromatic heterocycles. The lowest BCUT2D eigenvalue weighted by Crippen LogP contribution is -2.20. The number of nitrogens with zero attached hydrogens (tertiary/aromatic N) is 1. The van der Waals surface area contributed by atoms with Crippen LogP contribution in [0, 0.1) is 0 Å². The number of sulfonamides is 1. The topological polar surface area (TPSA) is 98.7 Å². The van der Waals surface area contributed by atoms with Crippen LogP contribution < -0.4 is 9.94 Å². The first-order valence-electron chi connectivity index (χ1n) is 5.93. The number of nitrogens with one attached hydrogen (secondary N) is 1. The molecule has 0 bridgehead atoms. The van der Waals surface area contributed by atoms with Crippen molar-refractivity contribution in [3.05, 3.63) is 50.6 Å². The number of hydrazone groups is 1. The fraction of sp³-hybridized carbons (Fsp3) is 0.0769. The monoisotopic (exact) mass is 401 g/mol. The second-order valence-corrected chi connectivity index (χ2v) is 7.86. The third kappa shape index (κ3) is 3.93. The summed E-state index contributed by atoms with van der Waals surface area (Å²) in [5, 5.41) is 14.5. The van der Waals surface area contributed by atoms with Crippen LogP contribution in [0.15, 0.2) is 50.9 Å². The van der Waals surface area contributed by atoms with Gasteiger partial charge in [-0.25, -0.2) is 0 Å². The molecular weight excluding hydrogens is 392 g/mol. The fourth-order valence-electron chi connectivity index (χ4n) is 1.49. The van der Waals surface area contributed by atoms with E-state index in [0.29, 0.717) is 10.6 Å². The van der Waals surface area contributed by atoms with E-state index in [2.05, 4.69) is 25.9 Å². The zero-order valence-electron chi connectivity index (χ0n) is 11.2. The van der Waals surface area contributed by atoms with E-state index in [4.69, 9.17) is 0 Å². The van der Waals surface area contributed by atoms with Gasteiger partial charge in [0.25, 0.3) is 10.0 Å². The van der Waals surface area contributed by atoms with Crippen LogP contribution in [0.25, 0.3) is 0 Å². The van der Waals surface area contributed by atoms with Gasteiger partial charge in [0.15, 0.2) is 0 Å². The van der Waals surface area contributed by atoms with E-state index < -0.39 is 16.0 Å². The van der Waals surface area contributed by atoms with Crippen molar-refractivity contribution in [3.8, 4) is 0 Å². The van der Waals surface area contributed by atoms with Crippen LogP contribution in [0.2, 0.25) is 0 Å². The molecule has 0 saturated carbocycles. The number of rotatable bonds is 5. The summed E-state index contributed by atoms with van der Waals surface area (Å²) in [5.74, 6) is -1.28. The smallest absolute Gasteiger partial charge is 0.276 e. The van der Waals surface area contributed by atoms with Crippen molar-refractivity contribution in [2.24, 2.45) is 5.10 Å². The third-order valence-electron chi connectivity index (χ3n) is 2.62. The molecule has 2 aromatic rings. The molecule has 1 N–H and O–H groups in total. The van der Waals surface area contributed by atoms with Gasteiger partial charge in [0, 0.05) is 4.47 Å². The molecule has 0 aliphatic carbocycles. The van der Waals surface area contributed by atoms with Crippen molar-refractivity contribution in [1.29, 1.82) is 0 Å². The minimum Gasteiger partial charge on any atom is -0.544 e. The maximum Gasteiger partial charge on any atom is 0.276 e. The number of hydrogen-bond acceptors (Lipinski definition) is 6. The Bertz CT molecular complexity index is 826. The summed E-state index contributed by atoms with van der Waals surface area (Å²) in [6.45, 7) is 1.58. The van der Waals surface area contributed by atoms with Crippen molar-refractivity contribution in [3.63, 3.8) is 0 Å². The molecule has 1 aromatic carbocycles. The highest BCUT2D eigenvalue weighted by Crippen LogP contribution is 2.17. The zero-order valence-corrected chi connectivity index (χ0v) is 14.5. The molecule has 2 rings (SSSR count). The second kappa shape index (κ2) is 6.59.